The molecule has 2 aromatic carbocycles. The number of benzene rings is 2. The van der Waals surface area contributed by atoms with Gasteiger partial charge >= 0.3 is 0 Å². The molecule has 0 spiro atoms. The number of allylic oxidation sites excluding steroid dienone is 2. The fourth-order valence-corrected chi connectivity index (χ4v) is 3.89. The van der Waals surface area contributed by atoms with E-state index in [1.165, 1.54) is 18.2 Å². The van der Waals surface area contributed by atoms with Crippen molar-refractivity contribution in [2.75, 3.05) is 0 Å². The van der Waals surface area contributed by atoms with E-state index in [0.29, 0.717) is 35.3 Å². The van der Waals surface area contributed by atoms with Crippen LogP contribution in [-0.2, 0) is 12.8 Å². The van der Waals surface area contributed by atoms with E-state index in [-0.39, 0.29) is 39.4 Å². The molecule has 6 nitrogen and oxygen atoms in total. The number of hydrogen-bond acceptors (Lipinski definition) is 6. The Morgan fingerprint density at radius 1 is 1.13 bits per heavy atom. The first-order chi connectivity index (χ1) is 14.6. The summed E-state index contributed by atoms with van der Waals surface area (Å²) in [6.07, 6.45) is 3.82. The lowest BCUT2D eigenvalue weighted by Crippen LogP contribution is -2.33. The van der Waals surface area contributed by atoms with Crippen LogP contribution in [0, 0.1) is 0 Å². The maximum Gasteiger partial charge on any atom is 0.197 e. The average molecular weight is 422 g/mol. The third-order valence-corrected chi connectivity index (χ3v) is 5.62. The van der Waals surface area contributed by atoms with Crippen molar-refractivity contribution in [1.29, 1.82) is 0 Å². The van der Waals surface area contributed by atoms with Crippen molar-refractivity contribution in [2.24, 2.45) is 0 Å². The van der Waals surface area contributed by atoms with Gasteiger partial charge in [0.15, 0.2) is 16.9 Å². The first kappa shape index (κ1) is 20.8. The molecule has 1 aliphatic heterocycles. The van der Waals surface area contributed by atoms with Crippen molar-refractivity contribution in [3.63, 3.8) is 0 Å². The largest absolute Gasteiger partial charge is 0.507 e. The molecule has 1 aliphatic rings. The maximum absolute atomic E-state index is 13.1. The predicted molar refractivity (Wildman–Crippen MR) is 119 cm³/mol. The fourth-order valence-electron chi connectivity index (χ4n) is 3.89. The molecule has 0 saturated heterocycles. The molecule has 0 radical (unpaired) electrons. The van der Waals surface area contributed by atoms with Gasteiger partial charge in [0.2, 0.25) is 0 Å². The zero-order valence-electron chi connectivity index (χ0n) is 18.1. The Bertz CT molecular complexity index is 1280. The minimum atomic E-state index is -0.409. The zero-order chi connectivity index (χ0) is 22.5. The number of phenolic OH excluding ortho intramolecular Hbond substituents is 3. The van der Waals surface area contributed by atoms with Crippen molar-refractivity contribution in [2.45, 2.75) is 52.6 Å². The Hall–Kier alpha value is -3.41. The summed E-state index contributed by atoms with van der Waals surface area (Å²) in [5, 5.41) is 30.6. The summed E-state index contributed by atoms with van der Waals surface area (Å²) < 4.78 is 12.4. The van der Waals surface area contributed by atoms with Crippen molar-refractivity contribution < 1.29 is 24.5 Å². The van der Waals surface area contributed by atoms with Crippen molar-refractivity contribution in [3.8, 4) is 34.3 Å². The predicted octanol–water partition coefficient (Wildman–Crippen LogP) is 5.19. The van der Waals surface area contributed by atoms with Gasteiger partial charge in [-0.05, 0) is 65.2 Å². The molecule has 0 aliphatic carbocycles. The van der Waals surface area contributed by atoms with Crippen LogP contribution in [0.3, 0.4) is 0 Å². The Balaban J connectivity index is 2.05. The Labute approximate surface area is 180 Å². The first-order valence-electron chi connectivity index (χ1n) is 10.3. The highest BCUT2D eigenvalue weighted by Gasteiger charge is 2.33. The van der Waals surface area contributed by atoms with E-state index in [9.17, 15) is 20.1 Å². The zero-order valence-corrected chi connectivity index (χ0v) is 18.1. The molecule has 0 bridgehead atoms. The third-order valence-electron chi connectivity index (χ3n) is 5.62. The second-order valence-electron chi connectivity index (χ2n) is 8.86. The number of aromatic hydroxyl groups is 3. The van der Waals surface area contributed by atoms with Gasteiger partial charge in [0.1, 0.15) is 33.8 Å². The maximum atomic E-state index is 13.1. The highest BCUT2D eigenvalue weighted by molar-refractivity contribution is 5.91. The summed E-state index contributed by atoms with van der Waals surface area (Å²) in [5.74, 6) is 0.102. The lowest BCUT2D eigenvalue weighted by atomic mass is 9.89. The van der Waals surface area contributed by atoms with Gasteiger partial charge in [-0.1, -0.05) is 11.6 Å². The monoisotopic (exact) mass is 422 g/mol. The molecule has 1 aromatic heterocycles. The van der Waals surface area contributed by atoms with Crippen LogP contribution in [0.1, 0.15) is 45.2 Å². The van der Waals surface area contributed by atoms with E-state index < -0.39 is 5.60 Å². The van der Waals surface area contributed by atoms with E-state index >= 15 is 0 Å². The van der Waals surface area contributed by atoms with E-state index in [4.69, 9.17) is 9.15 Å². The van der Waals surface area contributed by atoms with Gasteiger partial charge < -0.3 is 24.5 Å². The van der Waals surface area contributed by atoms with E-state index in [0.717, 1.165) is 12.0 Å². The molecule has 4 rings (SSSR count). The summed E-state index contributed by atoms with van der Waals surface area (Å²) in [6, 6.07) is 5.49. The van der Waals surface area contributed by atoms with Crippen LogP contribution in [0.4, 0.5) is 0 Å². The number of hydrogen-bond donors (Lipinski definition) is 3. The molecule has 31 heavy (non-hydrogen) atoms. The van der Waals surface area contributed by atoms with Crippen LogP contribution in [0.2, 0.25) is 0 Å². The average Bonchev–Trinajstić information content (AvgIpc) is 2.68. The molecular formula is C25H26O6. The van der Waals surface area contributed by atoms with Gasteiger partial charge in [-0.2, -0.15) is 0 Å². The van der Waals surface area contributed by atoms with E-state index in [2.05, 4.69) is 0 Å². The van der Waals surface area contributed by atoms with E-state index in [1.807, 2.05) is 33.8 Å². The summed E-state index contributed by atoms with van der Waals surface area (Å²) in [6.45, 7) is 7.96. The fraction of sp³-hybridized carbons (Fsp3) is 0.320. The van der Waals surface area contributed by atoms with Crippen molar-refractivity contribution in [1.82, 2.24) is 0 Å². The van der Waals surface area contributed by atoms with Crippen molar-refractivity contribution in [3.05, 3.63) is 57.3 Å². The summed E-state index contributed by atoms with van der Waals surface area (Å²) >= 11 is 0. The molecular weight excluding hydrogens is 396 g/mol. The van der Waals surface area contributed by atoms with Crippen LogP contribution in [0.5, 0.6) is 23.0 Å². The first-order valence-corrected chi connectivity index (χ1v) is 10.3. The third kappa shape index (κ3) is 3.74. The Morgan fingerprint density at radius 2 is 1.87 bits per heavy atom. The number of ether oxygens (including phenoxy) is 1. The second kappa shape index (κ2) is 7.38. The lowest BCUT2D eigenvalue weighted by Gasteiger charge is -2.34. The minimum Gasteiger partial charge on any atom is -0.507 e. The SMILES string of the molecule is CC(C)=CCc1c2c(c(O)c3c(=O)cc(-c4ccc(O)c(O)c4)oc13)CCC(C)(C)O2. The van der Waals surface area contributed by atoms with Crippen LogP contribution >= 0.6 is 0 Å². The summed E-state index contributed by atoms with van der Waals surface area (Å²) in [4.78, 5) is 13.1. The quantitative estimate of drug-likeness (QED) is 0.397. The molecule has 0 saturated carbocycles. The molecule has 0 amide bonds. The topological polar surface area (TPSA) is 100 Å². The standard InChI is InChI=1S/C25H26O6/c1-13(2)5-7-16-23-15(9-10-25(3,4)31-23)22(29)21-19(28)12-20(30-24(16)21)14-6-8-17(26)18(27)11-14/h5-6,8,11-12,26-27,29H,7,9-10H2,1-4H3. The molecule has 6 heteroatoms. The van der Waals surface area contributed by atoms with E-state index in [1.54, 1.807) is 6.07 Å². The van der Waals surface area contributed by atoms with Gasteiger partial charge in [-0.3, -0.25) is 4.79 Å². The van der Waals surface area contributed by atoms with Crippen LogP contribution in [-0.4, -0.2) is 20.9 Å². The van der Waals surface area contributed by atoms with Gasteiger partial charge in [-0.15, -0.1) is 0 Å². The molecule has 0 atom stereocenters. The smallest absolute Gasteiger partial charge is 0.197 e. The van der Waals surface area contributed by atoms with Gasteiger partial charge in [0.05, 0.1) is 0 Å². The molecule has 0 fully saturated rings. The molecule has 0 unspecified atom stereocenters. The van der Waals surface area contributed by atoms with Crippen molar-refractivity contribution >= 4 is 11.0 Å². The molecule has 3 N–H and O–H groups in total. The Kier molecular flexibility index (Phi) is 4.96. The number of fused-ring (bicyclic) bond motifs is 2. The number of rotatable bonds is 3. The van der Waals surface area contributed by atoms with Gasteiger partial charge in [0.25, 0.3) is 0 Å². The lowest BCUT2D eigenvalue weighted by molar-refractivity contribution is 0.0827. The summed E-state index contributed by atoms with van der Waals surface area (Å²) in [5.41, 5.74) is 2.35. The highest BCUT2D eigenvalue weighted by Crippen LogP contribution is 2.46. The van der Waals surface area contributed by atoms with Crippen LogP contribution < -0.4 is 10.2 Å². The van der Waals surface area contributed by atoms with Crippen LogP contribution in [0.25, 0.3) is 22.3 Å². The second-order valence-corrected chi connectivity index (χ2v) is 8.86. The molecule has 2 heterocycles. The molecule has 162 valence electrons. The Morgan fingerprint density at radius 3 is 2.55 bits per heavy atom. The number of phenols is 3. The normalized spacial score (nSPS) is 14.7. The van der Waals surface area contributed by atoms with Crippen LogP contribution in [0.15, 0.2) is 45.1 Å². The minimum absolute atomic E-state index is 0.102. The molecule has 3 aromatic rings. The highest BCUT2D eigenvalue weighted by atomic mass is 16.5. The van der Waals surface area contributed by atoms with Gasteiger partial charge in [-0.25, -0.2) is 0 Å². The summed E-state index contributed by atoms with van der Waals surface area (Å²) in [7, 11) is 0. The van der Waals surface area contributed by atoms with Gasteiger partial charge in [0, 0.05) is 22.8 Å².